The summed E-state index contributed by atoms with van der Waals surface area (Å²) in [5.74, 6) is -0.985. The number of sulfonamides is 1. The van der Waals surface area contributed by atoms with Gasteiger partial charge in [-0.05, 0) is 51.3 Å². The molecule has 0 radical (unpaired) electrons. The van der Waals surface area contributed by atoms with Gasteiger partial charge in [0.15, 0.2) is 0 Å². The molecule has 11 nitrogen and oxygen atoms in total. The number of rotatable bonds is 11. The van der Waals surface area contributed by atoms with E-state index in [9.17, 15) is 28.1 Å². The van der Waals surface area contributed by atoms with Gasteiger partial charge in [-0.25, -0.2) is 8.42 Å². The van der Waals surface area contributed by atoms with Crippen LogP contribution in [-0.4, -0.2) is 61.5 Å². The van der Waals surface area contributed by atoms with Crippen LogP contribution in [-0.2, 0) is 26.2 Å². The zero-order valence-corrected chi connectivity index (χ0v) is 23.7. The predicted molar refractivity (Wildman–Crippen MR) is 146 cm³/mol. The van der Waals surface area contributed by atoms with Crippen molar-refractivity contribution in [1.29, 1.82) is 0 Å². The molecule has 1 N–H and O–H groups in total. The normalized spacial score (nSPS) is 12.4. The second-order valence-corrected chi connectivity index (χ2v) is 11.9. The van der Waals surface area contributed by atoms with Crippen molar-refractivity contribution in [2.24, 2.45) is 0 Å². The van der Waals surface area contributed by atoms with E-state index in [1.165, 1.54) is 24.1 Å². The molecule has 0 saturated heterocycles. The Balaban J connectivity index is 2.60. The van der Waals surface area contributed by atoms with Crippen LogP contribution in [0.5, 0.6) is 5.75 Å². The first-order chi connectivity index (χ1) is 17.6. The Bertz CT molecular complexity index is 1290. The number of non-ortho nitro benzene ring substituents is 1. The number of methoxy groups -OCH3 is 1. The van der Waals surface area contributed by atoms with Gasteiger partial charge in [-0.1, -0.05) is 31.2 Å². The van der Waals surface area contributed by atoms with Crippen LogP contribution in [0, 0.1) is 17.0 Å². The lowest BCUT2D eigenvalue weighted by atomic mass is 10.0. The molecule has 0 aromatic heterocycles. The van der Waals surface area contributed by atoms with Crippen molar-refractivity contribution in [3.63, 3.8) is 0 Å². The molecular formula is C26H36N4O7S. The fourth-order valence-corrected chi connectivity index (χ4v) is 4.77. The van der Waals surface area contributed by atoms with Gasteiger partial charge in [0.2, 0.25) is 21.8 Å². The maximum atomic E-state index is 13.8. The number of nitro benzene ring substituents is 1. The number of ether oxygens (including phenoxy) is 1. The van der Waals surface area contributed by atoms with Gasteiger partial charge < -0.3 is 15.0 Å². The molecule has 0 saturated carbocycles. The third kappa shape index (κ3) is 7.91. The van der Waals surface area contributed by atoms with Crippen molar-refractivity contribution in [3.05, 3.63) is 63.7 Å². The van der Waals surface area contributed by atoms with Crippen LogP contribution in [0.1, 0.15) is 45.2 Å². The number of nitro groups is 1. The van der Waals surface area contributed by atoms with Gasteiger partial charge in [-0.3, -0.25) is 24.0 Å². The maximum absolute atomic E-state index is 13.8. The third-order valence-electron chi connectivity index (χ3n) is 5.81. The Kier molecular flexibility index (Phi) is 9.85. The molecule has 0 unspecified atom stereocenters. The topological polar surface area (TPSA) is 139 Å². The number of benzene rings is 2. The number of carbonyl (C=O) groups excluding carboxylic acids is 2. The lowest BCUT2D eigenvalue weighted by Crippen LogP contribution is -2.55. The highest BCUT2D eigenvalue weighted by molar-refractivity contribution is 7.92. The van der Waals surface area contributed by atoms with E-state index < -0.39 is 39.0 Å². The van der Waals surface area contributed by atoms with E-state index in [1.807, 2.05) is 52.0 Å². The monoisotopic (exact) mass is 548 g/mol. The first-order valence-electron chi connectivity index (χ1n) is 12.0. The van der Waals surface area contributed by atoms with E-state index in [2.05, 4.69) is 5.32 Å². The van der Waals surface area contributed by atoms with E-state index in [0.29, 0.717) is 0 Å². The van der Waals surface area contributed by atoms with Crippen LogP contribution in [0.2, 0.25) is 0 Å². The van der Waals surface area contributed by atoms with E-state index in [1.54, 1.807) is 6.92 Å². The third-order valence-corrected chi connectivity index (χ3v) is 6.93. The minimum absolute atomic E-state index is 0.0387. The molecule has 0 fully saturated rings. The molecule has 2 rings (SSSR count). The fraction of sp³-hybridized carbons (Fsp3) is 0.462. The first-order valence-corrected chi connectivity index (χ1v) is 13.9. The number of hydrogen-bond donors (Lipinski definition) is 1. The molecule has 38 heavy (non-hydrogen) atoms. The standard InChI is InChI=1S/C26H36N4O7S/c1-8-21(25(32)27-26(3,4)5)28(16-19-12-10-9-11-18(19)2)24(31)17-29(38(7,35)36)22-15-20(30(33)34)13-14-23(22)37-6/h9-15,21H,8,16-17H2,1-7H3,(H,27,32)/t21-/m1/s1. The number of hydrogen-bond acceptors (Lipinski definition) is 7. The van der Waals surface area contributed by atoms with Crippen molar-refractivity contribution in [2.45, 2.75) is 59.2 Å². The van der Waals surface area contributed by atoms with E-state index in [4.69, 9.17) is 4.74 Å². The number of aryl methyl sites for hydroxylation is 1. The number of amides is 2. The first kappa shape index (κ1) is 30.6. The zero-order chi connectivity index (χ0) is 28.8. The average Bonchev–Trinajstić information content (AvgIpc) is 2.81. The zero-order valence-electron chi connectivity index (χ0n) is 22.8. The number of nitrogens with zero attached hydrogens (tertiary/aromatic N) is 3. The number of carbonyl (C=O) groups is 2. The van der Waals surface area contributed by atoms with E-state index in [-0.39, 0.29) is 36.0 Å². The van der Waals surface area contributed by atoms with Gasteiger partial charge in [0.1, 0.15) is 24.0 Å². The number of nitrogens with one attached hydrogen (secondary N) is 1. The van der Waals surface area contributed by atoms with Gasteiger partial charge in [-0.2, -0.15) is 0 Å². The van der Waals surface area contributed by atoms with Gasteiger partial charge in [0, 0.05) is 24.2 Å². The Hall–Kier alpha value is -3.67. The molecular weight excluding hydrogens is 512 g/mol. The maximum Gasteiger partial charge on any atom is 0.271 e. The SMILES string of the molecule is CC[C@H](C(=O)NC(C)(C)C)N(Cc1ccccc1C)C(=O)CN(c1cc([N+](=O)[O-])ccc1OC)S(C)(=O)=O. The highest BCUT2D eigenvalue weighted by atomic mass is 32.2. The molecule has 0 heterocycles. The molecule has 2 aromatic rings. The largest absolute Gasteiger partial charge is 0.495 e. The van der Waals surface area contributed by atoms with Crippen molar-refractivity contribution in [2.75, 3.05) is 24.2 Å². The van der Waals surface area contributed by atoms with Gasteiger partial charge in [-0.15, -0.1) is 0 Å². The summed E-state index contributed by atoms with van der Waals surface area (Å²) in [6, 6.07) is 9.99. The highest BCUT2D eigenvalue weighted by Crippen LogP contribution is 2.34. The molecule has 2 aromatic carbocycles. The summed E-state index contributed by atoms with van der Waals surface area (Å²) in [6.07, 6.45) is 1.17. The quantitative estimate of drug-likeness (QED) is 0.335. The van der Waals surface area contributed by atoms with Crippen LogP contribution < -0.4 is 14.4 Å². The molecule has 0 spiro atoms. The molecule has 1 atom stereocenters. The summed E-state index contributed by atoms with van der Waals surface area (Å²) in [5, 5.41) is 14.3. The van der Waals surface area contributed by atoms with Gasteiger partial charge in [0.25, 0.3) is 5.69 Å². The Morgan fingerprint density at radius 2 is 1.79 bits per heavy atom. The second kappa shape index (κ2) is 12.2. The Labute approximate surface area is 224 Å². The summed E-state index contributed by atoms with van der Waals surface area (Å²) in [4.78, 5) is 39.2. The van der Waals surface area contributed by atoms with E-state index in [0.717, 1.165) is 27.8 Å². The van der Waals surface area contributed by atoms with Crippen LogP contribution in [0.3, 0.4) is 0 Å². The molecule has 0 aliphatic rings. The molecule has 208 valence electrons. The molecule has 2 amide bonds. The highest BCUT2D eigenvalue weighted by Gasteiger charge is 2.34. The summed E-state index contributed by atoms with van der Waals surface area (Å²) in [7, 11) is -2.81. The second-order valence-electron chi connectivity index (χ2n) is 9.99. The minimum atomic E-state index is -4.10. The van der Waals surface area contributed by atoms with Crippen molar-refractivity contribution in [3.8, 4) is 5.75 Å². The Morgan fingerprint density at radius 3 is 2.29 bits per heavy atom. The molecule has 0 aliphatic heterocycles. The van der Waals surface area contributed by atoms with Crippen molar-refractivity contribution >= 4 is 33.2 Å². The summed E-state index contributed by atoms with van der Waals surface area (Å²) in [6.45, 7) is 8.49. The lowest BCUT2D eigenvalue weighted by molar-refractivity contribution is -0.384. The summed E-state index contributed by atoms with van der Waals surface area (Å²) < 4.78 is 31.7. The van der Waals surface area contributed by atoms with Crippen LogP contribution in [0.25, 0.3) is 0 Å². The average molecular weight is 549 g/mol. The predicted octanol–water partition coefficient (Wildman–Crippen LogP) is 3.40. The molecule has 0 bridgehead atoms. The van der Waals surface area contributed by atoms with Crippen LogP contribution >= 0.6 is 0 Å². The molecule has 12 heteroatoms. The minimum Gasteiger partial charge on any atom is -0.495 e. The van der Waals surface area contributed by atoms with Gasteiger partial charge in [0.05, 0.1) is 18.3 Å². The molecule has 0 aliphatic carbocycles. The number of anilines is 1. The van der Waals surface area contributed by atoms with E-state index >= 15 is 0 Å². The lowest BCUT2D eigenvalue weighted by Gasteiger charge is -2.35. The summed E-state index contributed by atoms with van der Waals surface area (Å²) >= 11 is 0. The van der Waals surface area contributed by atoms with Crippen molar-refractivity contribution in [1.82, 2.24) is 10.2 Å². The Morgan fingerprint density at radius 1 is 1.16 bits per heavy atom. The summed E-state index contributed by atoms with van der Waals surface area (Å²) in [5.41, 5.74) is 0.616. The van der Waals surface area contributed by atoms with Crippen molar-refractivity contribution < 1.29 is 27.7 Å². The van der Waals surface area contributed by atoms with Crippen LogP contribution in [0.15, 0.2) is 42.5 Å². The van der Waals surface area contributed by atoms with Gasteiger partial charge >= 0.3 is 0 Å². The fourth-order valence-electron chi connectivity index (χ4n) is 3.93. The van der Waals surface area contributed by atoms with Crippen LogP contribution in [0.4, 0.5) is 11.4 Å². The smallest absolute Gasteiger partial charge is 0.271 e.